The standard InChI is InChI=1S/C26H26Cl3NO6/c1-16(31)35-25-19-12-13-24(19,33-15-18-10-6-3-7-11-18)21(32-14-17-8-4-2-5-9-17)20(25)22(36-25)34-23(30)26(27,28)29/h2-11,19-22,30H,12-15H2,1H3. The van der Waals surface area contributed by atoms with Crippen LogP contribution in [-0.2, 0) is 41.7 Å². The van der Waals surface area contributed by atoms with Gasteiger partial charge in [-0.3, -0.25) is 14.9 Å². The summed E-state index contributed by atoms with van der Waals surface area (Å²) >= 11 is 17.5. The quantitative estimate of drug-likeness (QED) is 0.199. The van der Waals surface area contributed by atoms with Crippen molar-refractivity contribution in [1.29, 1.82) is 5.41 Å². The zero-order chi connectivity index (χ0) is 25.6. The zero-order valence-electron chi connectivity index (χ0n) is 19.5. The van der Waals surface area contributed by atoms with Gasteiger partial charge in [0.25, 0.3) is 3.79 Å². The fourth-order valence-electron chi connectivity index (χ4n) is 5.60. The number of benzene rings is 2. The predicted molar refractivity (Wildman–Crippen MR) is 134 cm³/mol. The lowest BCUT2D eigenvalue weighted by Gasteiger charge is -2.54. The molecule has 36 heavy (non-hydrogen) atoms. The van der Waals surface area contributed by atoms with Crippen molar-refractivity contribution in [3.63, 3.8) is 0 Å². The smallest absolute Gasteiger partial charge is 0.305 e. The number of fused-ring (bicyclic) bond motifs is 3. The van der Waals surface area contributed by atoms with E-state index in [-0.39, 0.29) is 5.92 Å². The number of nitrogens with one attached hydrogen (secondary N) is 1. The fourth-order valence-corrected chi connectivity index (χ4v) is 5.73. The largest absolute Gasteiger partial charge is 0.447 e. The fraction of sp³-hybridized carbons (Fsp3) is 0.462. The molecule has 7 nitrogen and oxygen atoms in total. The minimum atomic E-state index is -2.07. The van der Waals surface area contributed by atoms with Crippen molar-refractivity contribution in [3.05, 3.63) is 71.8 Å². The maximum atomic E-state index is 12.2. The average Bonchev–Trinajstić information content (AvgIpc) is 2.92. The molecule has 1 heterocycles. The van der Waals surface area contributed by atoms with Crippen LogP contribution in [0.4, 0.5) is 0 Å². The molecule has 2 aliphatic carbocycles. The van der Waals surface area contributed by atoms with Gasteiger partial charge < -0.3 is 18.9 Å². The van der Waals surface area contributed by atoms with Gasteiger partial charge in [-0.25, -0.2) is 0 Å². The molecule has 0 amide bonds. The predicted octanol–water partition coefficient (Wildman–Crippen LogP) is 5.55. The molecule has 1 saturated heterocycles. The third kappa shape index (κ3) is 4.51. The Balaban J connectivity index is 1.47. The summed E-state index contributed by atoms with van der Waals surface area (Å²) in [5, 5.41) is 8.05. The van der Waals surface area contributed by atoms with Gasteiger partial charge in [-0.2, -0.15) is 0 Å². The lowest BCUT2D eigenvalue weighted by molar-refractivity contribution is -0.427. The summed E-state index contributed by atoms with van der Waals surface area (Å²) in [5.74, 6) is -3.29. The van der Waals surface area contributed by atoms with Gasteiger partial charge in [-0.05, 0) is 24.0 Å². The molecule has 1 N–H and O–H groups in total. The first-order valence-electron chi connectivity index (χ1n) is 11.7. The number of halogens is 3. The molecule has 2 saturated carbocycles. The molecular weight excluding hydrogens is 529 g/mol. The molecule has 0 aromatic heterocycles. The van der Waals surface area contributed by atoms with Crippen LogP contribution in [0.15, 0.2) is 60.7 Å². The van der Waals surface area contributed by atoms with Crippen molar-refractivity contribution in [3.8, 4) is 0 Å². The van der Waals surface area contributed by atoms with Gasteiger partial charge in [0.2, 0.25) is 18.0 Å². The molecule has 1 aliphatic heterocycles. The maximum Gasteiger partial charge on any atom is 0.305 e. The van der Waals surface area contributed by atoms with E-state index < -0.39 is 45.4 Å². The summed E-state index contributed by atoms with van der Waals surface area (Å²) in [5.41, 5.74) is 1.19. The number of ether oxygens (including phenoxy) is 5. The number of hydrogen-bond acceptors (Lipinski definition) is 7. The molecule has 10 heteroatoms. The number of alkyl halides is 3. The molecular formula is C26H26Cl3NO6. The van der Waals surface area contributed by atoms with E-state index in [1.54, 1.807) is 0 Å². The summed E-state index contributed by atoms with van der Waals surface area (Å²) in [6.45, 7) is 1.98. The number of esters is 1. The molecule has 2 aromatic rings. The second kappa shape index (κ2) is 9.78. The molecule has 2 aromatic carbocycles. The van der Waals surface area contributed by atoms with Crippen molar-refractivity contribution < 1.29 is 28.5 Å². The first-order valence-corrected chi connectivity index (χ1v) is 12.8. The highest BCUT2D eigenvalue weighted by molar-refractivity contribution is 6.76. The van der Waals surface area contributed by atoms with E-state index in [2.05, 4.69) is 0 Å². The van der Waals surface area contributed by atoms with Gasteiger partial charge in [-0.1, -0.05) is 95.5 Å². The van der Waals surface area contributed by atoms with Crippen LogP contribution in [0.25, 0.3) is 0 Å². The highest BCUT2D eigenvalue weighted by Gasteiger charge is 2.83. The van der Waals surface area contributed by atoms with Gasteiger partial charge in [0.1, 0.15) is 17.6 Å². The SMILES string of the molecule is CC(=O)OC12OC(OC(=N)C(Cl)(Cl)Cl)C1C(OCc1ccccc1)C1(OCc3ccccc3)CCC12. The van der Waals surface area contributed by atoms with E-state index in [9.17, 15) is 4.79 Å². The van der Waals surface area contributed by atoms with Gasteiger partial charge >= 0.3 is 5.97 Å². The van der Waals surface area contributed by atoms with E-state index >= 15 is 0 Å². The van der Waals surface area contributed by atoms with Crippen LogP contribution in [0, 0.1) is 17.2 Å². The van der Waals surface area contributed by atoms with E-state index in [1.165, 1.54) is 6.92 Å². The second-order valence-electron chi connectivity index (χ2n) is 9.31. The van der Waals surface area contributed by atoms with Crippen molar-refractivity contribution in [2.24, 2.45) is 11.8 Å². The highest BCUT2D eigenvalue weighted by atomic mass is 35.6. The third-order valence-corrected chi connectivity index (χ3v) is 7.70. The Hall–Kier alpha value is -1.87. The topological polar surface area (TPSA) is 87.1 Å². The average molecular weight is 555 g/mol. The molecule has 6 unspecified atom stereocenters. The molecule has 0 bridgehead atoms. The first-order chi connectivity index (χ1) is 17.2. The number of hydrogen-bond donors (Lipinski definition) is 1. The van der Waals surface area contributed by atoms with E-state index in [0.717, 1.165) is 11.1 Å². The Labute approximate surface area is 224 Å². The number of carbonyl (C=O) groups excluding carboxylic acids is 1. The molecule has 6 atom stereocenters. The minimum Gasteiger partial charge on any atom is -0.447 e. The second-order valence-corrected chi connectivity index (χ2v) is 11.6. The molecule has 3 aliphatic rings. The van der Waals surface area contributed by atoms with Crippen molar-refractivity contribution in [2.75, 3.05) is 0 Å². The number of rotatable bonds is 8. The Morgan fingerprint density at radius 3 is 2.19 bits per heavy atom. The Kier molecular flexibility index (Phi) is 7.00. The molecule has 3 fully saturated rings. The van der Waals surface area contributed by atoms with Crippen molar-refractivity contribution >= 4 is 46.7 Å². The summed E-state index contributed by atoms with van der Waals surface area (Å²) < 4.78 is 28.6. The van der Waals surface area contributed by atoms with Crippen LogP contribution >= 0.6 is 34.8 Å². The molecule has 0 spiro atoms. The van der Waals surface area contributed by atoms with Gasteiger partial charge in [0.05, 0.1) is 19.1 Å². The first kappa shape index (κ1) is 25.8. The van der Waals surface area contributed by atoms with Crippen LogP contribution in [0.5, 0.6) is 0 Å². The summed E-state index contributed by atoms with van der Waals surface area (Å²) in [6.07, 6.45) is -0.197. The summed E-state index contributed by atoms with van der Waals surface area (Å²) in [4.78, 5) is 12.2. The highest BCUT2D eigenvalue weighted by Crippen LogP contribution is 2.68. The Morgan fingerprint density at radius 1 is 1.06 bits per heavy atom. The van der Waals surface area contributed by atoms with Crippen LogP contribution in [0.2, 0.25) is 0 Å². The Bertz CT molecular complexity index is 1110. The van der Waals surface area contributed by atoms with Gasteiger partial charge in [0, 0.05) is 6.92 Å². The van der Waals surface area contributed by atoms with E-state index in [0.29, 0.717) is 26.1 Å². The zero-order valence-corrected chi connectivity index (χ0v) is 21.8. The lowest BCUT2D eigenvalue weighted by Crippen LogP contribution is -2.66. The van der Waals surface area contributed by atoms with Crippen LogP contribution in [0.3, 0.4) is 0 Å². The van der Waals surface area contributed by atoms with Gasteiger partial charge in [0.15, 0.2) is 0 Å². The monoisotopic (exact) mass is 553 g/mol. The molecule has 192 valence electrons. The van der Waals surface area contributed by atoms with Crippen molar-refractivity contribution in [2.45, 2.75) is 60.6 Å². The van der Waals surface area contributed by atoms with Crippen molar-refractivity contribution in [1.82, 2.24) is 0 Å². The van der Waals surface area contributed by atoms with Crippen LogP contribution in [0.1, 0.15) is 30.9 Å². The molecule has 5 rings (SSSR count). The third-order valence-electron chi connectivity index (χ3n) is 7.18. The maximum absolute atomic E-state index is 12.2. The minimum absolute atomic E-state index is 0.287. The van der Waals surface area contributed by atoms with E-state index in [1.807, 2.05) is 60.7 Å². The lowest BCUT2D eigenvalue weighted by atomic mass is 9.68. The number of carbonyl (C=O) groups is 1. The molecule has 0 radical (unpaired) electrons. The normalized spacial score (nSPS) is 32.4. The summed E-state index contributed by atoms with van der Waals surface area (Å²) in [6, 6.07) is 19.6. The summed E-state index contributed by atoms with van der Waals surface area (Å²) in [7, 11) is 0. The van der Waals surface area contributed by atoms with Gasteiger partial charge in [-0.15, -0.1) is 0 Å². The Morgan fingerprint density at radius 2 is 1.67 bits per heavy atom. The van der Waals surface area contributed by atoms with Crippen LogP contribution < -0.4 is 0 Å². The van der Waals surface area contributed by atoms with Crippen LogP contribution in [-0.4, -0.2) is 39.4 Å². The van der Waals surface area contributed by atoms with E-state index in [4.69, 9.17) is 63.9 Å².